The van der Waals surface area contributed by atoms with Gasteiger partial charge in [0.25, 0.3) is 11.4 Å². The van der Waals surface area contributed by atoms with Crippen LogP contribution in [0.25, 0.3) is 33.5 Å². The molecular formula is C20H11ClFN7O2S. The number of pyridine rings is 1. The van der Waals surface area contributed by atoms with E-state index < -0.39 is 0 Å². The minimum Gasteiger partial charge on any atom is -0.333 e. The lowest BCUT2D eigenvalue weighted by molar-refractivity contribution is 0.431. The number of hydrogen-bond acceptors (Lipinski definition) is 9. The third kappa shape index (κ3) is 4.15. The van der Waals surface area contributed by atoms with E-state index in [1.54, 1.807) is 24.4 Å². The Morgan fingerprint density at radius 3 is 2.72 bits per heavy atom. The summed E-state index contributed by atoms with van der Waals surface area (Å²) < 4.78 is 19.6. The Balaban J connectivity index is 1.40. The van der Waals surface area contributed by atoms with Crippen LogP contribution in [0.2, 0.25) is 5.02 Å². The molecule has 0 saturated carbocycles. The molecule has 0 amide bonds. The van der Waals surface area contributed by atoms with E-state index in [1.807, 2.05) is 0 Å². The molecule has 0 aliphatic rings. The van der Waals surface area contributed by atoms with Crippen molar-refractivity contribution in [3.8, 4) is 33.5 Å². The molecule has 0 radical (unpaired) electrons. The SMILES string of the molecule is O=c1ccc(-c2noc(-c3cncc(Cl)c3)n2)nn1Cc1nnc(-c2ccc(F)cc2)s1. The first-order chi connectivity index (χ1) is 15.5. The Labute approximate surface area is 188 Å². The average molecular weight is 468 g/mol. The molecule has 0 aliphatic carbocycles. The molecule has 0 unspecified atom stereocenters. The second-order valence-corrected chi connectivity index (χ2v) is 8.04. The third-order valence-electron chi connectivity index (χ3n) is 4.32. The van der Waals surface area contributed by atoms with Gasteiger partial charge in [0.05, 0.1) is 17.1 Å². The topological polar surface area (TPSA) is 112 Å². The Bertz CT molecular complexity index is 1470. The van der Waals surface area contributed by atoms with Crippen LogP contribution in [0.1, 0.15) is 5.01 Å². The van der Waals surface area contributed by atoms with Crippen LogP contribution in [0.15, 0.2) is 64.2 Å². The maximum atomic E-state index is 13.1. The normalized spacial score (nSPS) is 11.1. The smallest absolute Gasteiger partial charge is 0.267 e. The fourth-order valence-corrected chi connectivity index (χ4v) is 3.81. The quantitative estimate of drug-likeness (QED) is 0.384. The van der Waals surface area contributed by atoms with Crippen molar-refractivity contribution in [3.63, 3.8) is 0 Å². The lowest BCUT2D eigenvalue weighted by atomic mass is 10.2. The zero-order chi connectivity index (χ0) is 22.1. The summed E-state index contributed by atoms with van der Waals surface area (Å²) in [6.07, 6.45) is 3.04. The highest BCUT2D eigenvalue weighted by Gasteiger charge is 2.15. The Kier molecular flexibility index (Phi) is 5.25. The van der Waals surface area contributed by atoms with Crippen LogP contribution in [0.4, 0.5) is 4.39 Å². The van der Waals surface area contributed by atoms with Gasteiger partial charge in [0, 0.05) is 24.0 Å². The molecule has 5 rings (SSSR count). The molecule has 9 nitrogen and oxygen atoms in total. The first-order valence-corrected chi connectivity index (χ1v) is 10.4. The van der Waals surface area contributed by atoms with Crippen molar-refractivity contribution in [2.24, 2.45) is 0 Å². The molecule has 4 heterocycles. The number of halogens is 2. The van der Waals surface area contributed by atoms with E-state index in [-0.39, 0.29) is 29.6 Å². The second-order valence-electron chi connectivity index (χ2n) is 6.54. The molecule has 0 aliphatic heterocycles. The predicted molar refractivity (Wildman–Crippen MR) is 114 cm³/mol. The number of rotatable bonds is 5. The third-order valence-corrected chi connectivity index (χ3v) is 5.48. The van der Waals surface area contributed by atoms with Gasteiger partial charge in [0.2, 0.25) is 5.82 Å². The molecular weight excluding hydrogens is 457 g/mol. The Hall–Kier alpha value is -3.83. The van der Waals surface area contributed by atoms with Crippen molar-refractivity contribution in [3.05, 3.63) is 81.1 Å². The van der Waals surface area contributed by atoms with Crippen LogP contribution in [0.5, 0.6) is 0 Å². The van der Waals surface area contributed by atoms with Gasteiger partial charge in [-0.1, -0.05) is 28.1 Å². The molecule has 0 fully saturated rings. The monoisotopic (exact) mass is 467 g/mol. The summed E-state index contributed by atoms with van der Waals surface area (Å²) in [4.78, 5) is 20.6. The maximum Gasteiger partial charge on any atom is 0.267 e. The lowest BCUT2D eigenvalue weighted by Gasteiger charge is -2.02. The molecule has 0 N–H and O–H groups in total. The summed E-state index contributed by atoms with van der Waals surface area (Å²) in [5.41, 5.74) is 1.32. The van der Waals surface area contributed by atoms with E-state index in [1.165, 1.54) is 46.5 Å². The van der Waals surface area contributed by atoms with Gasteiger partial charge in [0.15, 0.2) is 0 Å². The molecule has 158 valence electrons. The van der Waals surface area contributed by atoms with E-state index >= 15 is 0 Å². The van der Waals surface area contributed by atoms with Crippen LogP contribution in [0, 0.1) is 5.82 Å². The predicted octanol–water partition coefficient (Wildman–Crippen LogP) is 3.71. The van der Waals surface area contributed by atoms with Crippen molar-refractivity contribution in [2.45, 2.75) is 6.54 Å². The number of nitrogens with zero attached hydrogens (tertiary/aromatic N) is 7. The summed E-state index contributed by atoms with van der Waals surface area (Å²) >= 11 is 7.24. The standard InChI is InChI=1S/C20H11ClFN7O2S/c21-13-7-12(8-23-9-13)19-24-18(28-31-19)15-5-6-17(30)29(27-15)10-16-25-26-20(32-16)11-1-3-14(22)4-2-11/h1-9H,10H2. The van der Waals surface area contributed by atoms with Gasteiger partial charge in [-0.2, -0.15) is 10.1 Å². The summed E-state index contributed by atoms with van der Waals surface area (Å²) in [7, 11) is 0. The molecule has 0 saturated heterocycles. The first kappa shape index (κ1) is 20.1. The van der Waals surface area contributed by atoms with Crippen LogP contribution in [-0.2, 0) is 6.54 Å². The highest BCUT2D eigenvalue weighted by molar-refractivity contribution is 7.14. The zero-order valence-corrected chi connectivity index (χ0v) is 17.6. The fourth-order valence-electron chi connectivity index (χ4n) is 2.81. The molecule has 12 heteroatoms. The summed E-state index contributed by atoms with van der Waals surface area (Å²) in [6, 6.07) is 10.5. The molecule has 0 bridgehead atoms. The zero-order valence-electron chi connectivity index (χ0n) is 16.0. The van der Waals surface area contributed by atoms with Crippen LogP contribution in [0.3, 0.4) is 0 Å². The van der Waals surface area contributed by atoms with Crippen molar-refractivity contribution < 1.29 is 8.91 Å². The molecule has 0 spiro atoms. The lowest BCUT2D eigenvalue weighted by Crippen LogP contribution is -2.22. The van der Waals surface area contributed by atoms with Gasteiger partial charge in [0.1, 0.15) is 21.5 Å². The van der Waals surface area contributed by atoms with Crippen molar-refractivity contribution >= 4 is 22.9 Å². The summed E-state index contributed by atoms with van der Waals surface area (Å²) in [5, 5.41) is 18.1. The first-order valence-electron chi connectivity index (χ1n) is 9.17. The summed E-state index contributed by atoms with van der Waals surface area (Å²) in [5.74, 6) is 0.0999. The molecule has 0 atom stereocenters. The van der Waals surface area contributed by atoms with Crippen LogP contribution < -0.4 is 5.56 Å². The van der Waals surface area contributed by atoms with Gasteiger partial charge >= 0.3 is 0 Å². The van der Waals surface area contributed by atoms with Crippen LogP contribution in [-0.4, -0.2) is 35.1 Å². The minimum absolute atomic E-state index is 0.106. The van der Waals surface area contributed by atoms with Crippen LogP contribution >= 0.6 is 22.9 Å². The van der Waals surface area contributed by atoms with Gasteiger partial charge in [-0.15, -0.1) is 10.2 Å². The average Bonchev–Trinajstić information content (AvgIpc) is 3.46. The van der Waals surface area contributed by atoms with Gasteiger partial charge < -0.3 is 4.52 Å². The van der Waals surface area contributed by atoms with E-state index in [9.17, 15) is 9.18 Å². The minimum atomic E-state index is -0.331. The number of hydrogen-bond donors (Lipinski definition) is 0. The second kappa shape index (κ2) is 8.36. The van der Waals surface area contributed by atoms with E-state index in [2.05, 4.69) is 30.4 Å². The van der Waals surface area contributed by atoms with Crippen molar-refractivity contribution in [1.29, 1.82) is 0 Å². The van der Waals surface area contributed by atoms with Crippen molar-refractivity contribution in [2.75, 3.05) is 0 Å². The van der Waals surface area contributed by atoms with Gasteiger partial charge in [-0.3, -0.25) is 9.78 Å². The summed E-state index contributed by atoms with van der Waals surface area (Å²) in [6.45, 7) is 0.106. The number of benzene rings is 1. The molecule has 1 aromatic carbocycles. The fraction of sp³-hybridized carbons (Fsp3) is 0.0500. The van der Waals surface area contributed by atoms with Crippen molar-refractivity contribution in [1.82, 2.24) is 35.1 Å². The van der Waals surface area contributed by atoms with Gasteiger partial charge in [-0.05, 0) is 36.4 Å². The molecule has 4 aromatic heterocycles. The Morgan fingerprint density at radius 2 is 1.91 bits per heavy atom. The molecule has 5 aromatic rings. The largest absolute Gasteiger partial charge is 0.333 e. The van der Waals surface area contributed by atoms with E-state index in [0.717, 1.165) is 5.56 Å². The highest BCUT2D eigenvalue weighted by Crippen LogP contribution is 2.25. The van der Waals surface area contributed by atoms with Gasteiger partial charge in [-0.25, -0.2) is 9.07 Å². The van der Waals surface area contributed by atoms with E-state index in [4.69, 9.17) is 16.1 Å². The maximum absolute atomic E-state index is 13.1. The van der Waals surface area contributed by atoms with E-state index in [0.29, 0.717) is 26.3 Å². The highest BCUT2D eigenvalue weighted by atomic mass is 35.5. The number of aromatic nitrogens is 7. The Morgan fingerprint density at radius 1 is 1.06 bits per heavy atom. The molecule has 32 heavy (non-hydrogen) atoms.